The molecule has 6 rings (SSSR count). The summed E-state index contributed by atoms with van der Waals surface area (Å²) in [6.45, 7) is 2.32. The van der Waals surface area contributed by atoms with Gasteiger partial charge in [-0.15, -0.1) is 0 Å². The number of nitrogens with zero attached hydrogens (tertiary/aromatic N) is 5. The second-order valence-electron chi connectivity index (χ2n) is 8.14. The largest absolute Gasteiger partial charge is 0.355 e. The maximum atomic E-state index is 14.2. The average molecular weight is 449 g/mol. The third-order valence-electron chi connectivity index (χ3n) is 6.01. The quantitative estimate of drug-likeness (QED) is 0.412. The van der Waals surface area contributed by atoms with Crippen LogP contribution in [-0.4, -0.2) is 30.7 Å². The van der Waals surface area contributed by atoms with Crippen molar-refractivity contribution in [2.45, 2.75) is 25.5 Å². The van der Waals surface area contributed by atoms with Crippen LogP contribution in [0.25, 0.3) is 39.5 Å². The van der Waals surface area contributed by atoms with E-state index >= 15 is 0 Å². The molecule has 0 amide bonds. The highest BCUT2D eigenvalue weighted by Gasteiger charge is 2.35. The van der Waals surface area contributed by atoms with Gasteiger partial charge in [0.2, 0.25) is 5.82 Å². The van der Waals surface area contributed by atoms with E-state index in [9.17, 15) is 13.6 Å². The van der Waals surface area contributed by atoms with Crippen LogP contribution in [-0.2, 0) is 10.5 Å². The zero-order valence-electron chi connectivity index (χ0n) is 17.5. The van der Waals surface area contributed by atoms with E-state index in [2.05, 4.69) is 15.1 Å². The molecular weight excluding hydrogens is 432 g/mol. The van der Waals surface area contributed by atoms with Crippen molar-refractivity contribution in [3.63, 3.8) is 0 Å². The molecule has 1 atom stereocenters. The van der Waals surface area contributed by atoms with Crippen molar-refractivity contribution in [3.8, 4) is 23.0 Å². The van der Waals surface area contributed by atoms with Crippen LogP contribution in [0.1, 0.15) is 19.8 Å². The molecule has 2 aromatic carbocycles. The van der Waals surface area contributed by atoms with Gasteiger partial charge in [-0.05, 0) is 62.2 Å². The summed E-state index contributed by atoms with van der Waals surface area (Å²) >= 11 is 0. The maximum absolute atomic E-state index is 14.2. The standard InChI is InChI=1S/C23H17F2N5O3/c1-23(9-2-10-32-23)30-17-11-15(25)7-8-16(17)29-12-26-18(19(29)22(30)31)20-27-21(33-28-20)13-3-5-14(24)6-4-13/h3-8,11-12H,2,9-10H2,1H3. The maximum Gasteiger partial charge on any atom is 0.280 e. The van der Waals surface area contributed by atoms with E-state index < -0.39 is 17.1 Å². The van der Waals surface area contributed by atoms with Gasteiger partial charge in [-0.3, -0.25) is 13.8 Å². The highest BCUT2D eigenvalue weighted by Crippen LogP contribution is 2.33. The third-order valence-corrected chi connectivity index (χ3v) is 6.01. The Morgan fingerprint density at radius 1 is 1.06 bits per heavy atom. The highest BCUT2D eigenvalue weighted by atomic mass is 19.1. The van der Waals surface area contributed by atoms with E-state index in [1.165, 1.54) is 47.3 Å². The number of fused-ring (bicyclic) bond motifs is 3. The van der Waals surface area contributed by atoms with Crippen molar-refractivity contribution in [1.29, 1.82) is 0 Å². The predicted octanol–water partition coefficient (Wildman–Crippen LogP) is 4.13. The molecule has 8 nitrogen and oxygen atoms in total. The van der Waals surface area contributed by atoms with Gasteiger partial charge < -0.3 is 9.26 Å². The molecule has 10 heteroatoms. The monoisotopic (exact) mass is 449 g/mol. The van der Waals surface area contributed by atoms with Gasteiger partial charge in [0, 0.05) is 12.2 Å². The number of aromatic nitrogens is 5. The predicted molar refractivity (Wildman–Crippen MR) is 114 cm³/mol. The van der Waals surface area contributed by atoms with Gasteiger partial charge in [0.25, 0.3) is 11.4 Å². The topological polar surface area (TPSA) is 87.5 Å². The van der Waals surface area contributed by atoms with Crippen LogP contribution in [0.2, 0.25) is 0 Å². The molecule has 3 aromatic heterocycles. The Hall–Kier alpha value is -3.92. The molecule has 0 spiro atoms. The lowest BCUT2D eigenvalue weighted by molar-refractivity contribution is -0.0447. The summed E-state index contributed by atoms with van der Waals surface area (Å²) in [5.74, 6) is -0.566. The number of hydrogen-bond donors (Lipinski definition) is 0. The van der Waals surface area contributed by atoms with Crippen LogP contribution in [0.4, 0.5) is 8.78 Å². The SMILES string of the molecule is CC1(n2c(=O)c3c(-c4noc(-c5ccc(F)cc5)n4)ncn3c3ccc(F)cc32)CCCO1. The zero-order valence-corrected chi connectivity index (χ0v) is 17.5. The Balaban J connectivity index is 1.61. The van der Waals surface area contributed by atoms with Crippen LogP contribution >= 0.6 is 0 Å². The molecule has 1 aliphatic rings. The van der Waals surface area contributed by atoms with Crippen molar-refractivity contribution in [1.82, 2.24) is 24.1 Å². The fourth-order valence-corrected chi connectivity index (χ4v) is 4.43. The number of halogens is 2. The Bertz CT molecular complexity index is 1580. The van der Waals surface area contributed by atoms with Gasteiger partial charge >= 0.3 is 0 Å². The van der Waals surface area contributed by atoms with Crippen molar-refractivity contribution in [2.75, 3.05) is 6.61 Å². The fourth-order valence-electron chi connectivity index (χ4n) is 4.43. The zero-order chi connectivity index (χ0) is 22.7. The first-order chi connectivity index (χ1) is 15.9. The molecule has 1 saturated heterocycles. The summed E-state index contributed by atoms with van der Waals surface area (Å²) in [4.78, 5) is 22.5. The van der Waals surface area contributed by atoms with Crippen molar-refractivity contribution < 1.29 is 18.0 Å². The summed E-state index contributed by atoms with van der Waals surface area (Å²) in [5.41, 5.74) is 0.630. The molecule has 166 valence electrons. The third kappa shape index (κ3) is 2.98. The van der Waals surface area contributed by atoms with Crippen molar-refractivity contribution >= 4 is 16.6 Å². The van der Waals surface area contributed by atoms with Crippen LogP contribution in [0.15, 0.2) is 58.1 Å². The van der Waals surface area contributed by atoms with Crippen LogP contribution in [0.3, 0.4) is 0 Å². The summed E-state index contributed by atoms with van der Waals surface area (Å²) in [7, 11) is 0. The van der Waals surface area contributed by atoms with Crippen LogP contribution in [0.5, 0.6) is 0 Å². The lowest BCUT2D eigenvalue weighted by atomic mass is 10.1. The smallest absolute Gasteiger partial charge is 0.280 e. The molecule has 1 fully saturated rings. The Kier molecular flexibility index (Phi) is 4.21. The number of ether oxygens (including phenoxy) is 1. The number of imidazole rings is 1. The molecular formula is C23H17F2N5O3. The number of benzene rings is 2. The van der Waals surface area contributed by atoms with Gasteiger partial charge in [0.1, 0.15) is 34.9 Å². The minimum Gasteiger partial charge on any atom is -0.355 e. The van der Waals surface area contributed by atoms with E-state index in [-0.39, 0.29) is 28.7 Å². The number of hydrogen-bond acceptors (Lipinski definition) is 6. The summed E-state index contributed by atoms with van der Waals surface area (Å²) < 4.78 is 41.8. The fraction of sp³-hybridized carbons (Fsp3) is 0.217. The van der Waals surface area contributed by atoms with E-state index in [4.69, 9.17) is 9.26 Å². The second kappa shape index (κ2) is 7.04. The van der Waals surface area contributed by atoms with Crippen molar-refractivity contribution in [3.05, 3.63) is 70.8 Å². The van der Waals surface area contributed by atoms with Crippen molar-refractivity contribution in [2.24, 2.45) is 0 Å². The molecule has 0 aliphatic carbocycles. The molecule has 1 aliphatic heterocycles. The van der Waals surface area contributed by atoms with Gasteiger partial charge in [-0.25, -0.2) is 13.8 Å². The van der Waals surface area contributed by atoms with Gasteiger partial charge in [-0.1, -0.05) is 5.16 Å². The highest BCUT2D eigenvalue weighted by molar-refractivity contribution is 5.84. The molecule has 0 saturated carbocycles. The lowest BCUT2D eigenvalue weighted by Crippen LogP contribution is -2.39. The summed E-state index contributed by atoms with van der Waals surface area (Å²) in [5, 5.41) is 3.99. The summed E-state index contributed by atoms with van der Waals surface area (Å²) in [6, 6.07) is 9.86. The average Bonchev–Trinajstić information content (AvgIpc) is 3.54. The Morgan fingerprint density at radius 3 is 2.61 bits per heavy atom. The first kappa shape index (κ1) is 19.7. The molecule has 33 heavy (non-hydrogen) atoms. The van der Waals surface area contributed by atoms with Crippen LogP contribution in [0, 0.1) is 11.6 Å². The van der Waals surface area contributed by atoms with E-state index in [0.717, 1.165) is 6.42 Å². The van der Waals surface area contributed by atoms with Crippen LogP contribution < -0.4 is 5.56 Å². The van der Waals surface area contributed by atoms with E-state index in [1.54, 1.807) is 10.5 Å². The minimum absolute atomic E-state index is 0.111. The normalized spacial score (nSPS) is 18.5. The first-order valence-corrected chi connectivity index (χ1v) is 10.4. The molecule has 4 heterocycles. The molecule has 0 bridgehead atoms. The molecule has 0 N–H and O–H groups in total. The minimum atomic E-state index is -0.928. The Labute approximate surface area is 185 Å². The molecule has 1 unspecified atom stereocenters. The first-order valence-electron chi connectivity index (χ1n) is 10.4. The number of rotatable bonds is 3. The van der Waals surface area contributed by atoms with Gasteiger partial charge in [-0.2, -0.15) is 4.98 Å². The van der Waals surface area contributed by atoms with Gasteiger partial charge in [0.05, 0.1) is 11.0 Å². The lowest BCUT2D eigenvalue weighted by Gasteiger charge is -2.28. The molecule has 0 radical (unpaired) electrons. The van der Waals surface area contributed by atoms with E-state index in [1.807, 2.05) is 6.92 Å². The van der Waals surface area contributed by atoms with Gasteiger partial charge in [0.15, 0.2) is 0 Å². The van der Waals surface area contributed by atoms with E-state index in [0.29, 0.717) is 29.6 Å². The second-order valence-corrected chi connectivity index (χ2v) is 8.14. The summed E-state index contributed by atoms with van der Waals surface area (Å²) in [6.07, 6.45) is 2.86. The Morgan fingerprint density at radius 2 is 1.85 bits per heavy atom. The molecule has 5 aromatic rings.